The summed E-state index contributed by atoms with van der Waals surface area (Å²) in [5, 5.41) is 9.77. The molecule has 0 saturated heterocycles. The van der Waals surface area contributed by atoms with Gasteiger partial charge in [0, 0.05) is 23.5 Å². The molecule has 0 aliphatic heterocycles. The van der Waals surface area contributed by atoms with Gasteiger partial charge in [0.15, 0.2) is 0 Å². The summed E-state index contributed by atoms with van der Waals surface area (Å²) in [6, 6.07) is 1.80. The molecule has 0 aliphatic carbocycles. The lowest BCUT2D eigenvalue weighted by atomic mass is 10.00. The molecule has 0 aliphatic rings. The minimum absolute atomic E-state index is 0.327. The molecule has 1 N–H and O–H groups in total. The fourth-order valence-electron chi connectivity index (χ4n) is 1.39. The van der Waals surface area contributed by atoms with Gasteiger partial charge in [-0.1, -0.05) is 27.7 Å². The topological polar surface area (TPSA) is 33.1 Å². The molecule has 0 unspecified atom stereocenters. The summed E-state index contributed by atoms with van der Waals surface area (Å²) in [7, 11) is 0. The molecule has 1 aromatic heterocycles. The van der Waals surface area contributed by atoms with E-state index in [1.165, 1.54) is 0 Å². The molecule has 1 heterocycles. The van der Waals surface area contributed by atoms with Gasteiger partial charge in [-0.3, -0.25) is 4.98 Å². The van der Waals surface area contributed by atoms with E-state index in [-0.39, 0.29) is 0 Å². The number of rotatable bonds is 3. The third-order valence-electron chi connectivity index (χ3n) is 2.67. The van der Waals surface area contributed by atoms with Gasteiger partial charge in [0.25, 0.3) is 0 Å². The van der Waals surface area contributed by atoms with Crippen molar-refractivity contribution in [3.8, 4) is 5.75 Å². The van der Waals surface area contributed by atoms with Crippen molar-refractivity contribution < 1.29 is 5.11 Å². The first kappa shape index (κ1) is 11.0. The van der Waals surface area contributed by atoms with E-state index in [1.54, 1.807) is 12.3 Å². The lowest BCUT2D eigenvalue weighted by Crippen LogP contribution is -1.98. The van der Waals surface area contributed by atoms with Gasteiger partial charge in [-0.15, -0.1) is 0 Å². The zero-order valence-corrected chi connectivity index (χ0v) is 9.41. The molecule has 0 amide bonds. The zero-order chi connectivity index (χ0) is 10.7. The van der Waals surface area contributed by atoms with Crippen molar-refractivity contribution in [2.75, 3.05) is 0 Å². The van der Waals surface area contributed by atoms with Crippen molar-refractivity contribution in [3.05, 3.63) is 23.5 Å². The van der Waals surface area contributed by atoms with E-state index < -0.39 is 0 Å². The number of hydrogen-bond donors (Lipinski definition) is 1. The van der Waals surface area contributed by atoms with E-state index >= 15 is 0 Å². The van der Waals surface area contributed by atoms with Crippen LogP contribution in [-0.2, 0) is 0 Å². The maximum Gasteiger partial charge on any atom is 0.122 e. The van der Waals surface area contributed by atoms with Crippen LogP contribution in [0.25, 0.3) is 0 Å². The van der Waals surface area contributed by atoms with Crippen molar-refractivity contribution >= 4 is 0 Å². The first-order valence-electron chi connectivity index (χ1n) is 5.25. The van der Waals surface area contributed by atoms with Crippen LogP contribution in [0.5, 0.6) is 5.75 Å². The Hall–Kier alpha value is -1.05. The standard InChI is InChI=1S/C12H19NO/c1-5-9(4)11-6-12(14)10(7-13-11)8(2)3/h6-9H,5H2,1-4H3,(H,13,14)/t9-/m0/s1. The molecule has 2 nitrogen and oxygen atoms in total. The Balaban J connectivity index is 3.00. The molecule has 1 aromatic rings. The molecule has 0 fully saturated rings. The maximum atomic E-state index is 9.77. The van der Waals surface area contributed by atoms with Gasteiger partial charge in [-0.25, -0.2) is 0 Å². The molecule has 1 atom stereocenters. The van der Waals surface area contributed by atoms with Crippen LogP contribution < -0.4 is 0 Å². The van der Waals surface area contributed by atoms with Crippen LogP contribution in [0.15, 0.2) is 12.3 Å². The van der Waals surface area contributed by atoms with Crippen molar-refractivity contribution in [2.45, 2.75) is 46.0 Å². The molecular weight excluding hydrogens is 174 g/mol. The average molecular weight is 193 g/mol. The van der Waals surface area contributed by atoms with Crippen LogP contribution in [0.1, 0.15) is 57.2 Å². The van der Waals surface area contributed by atoms with Crippen LogP contribution in [0.3, 0.4) is 0 Å². The monoisotopic (exact) mass is 193 g/mol. The molecule has 1 rings (SSSR count). The number of pyridine rings is 1. The molecule has 78 valence electrons. The number of nitrogens with zero attached hydrogens (tertiary/aromatic N) is 1. The van der Waals surface area contributed by atoms with Crippen molar-refractivity contribution in [1.82, 2.24) is 4.98 Å². The number of aromatic nitrogens is 1. The first-order chi connectivity index (χ1) is 6.56. The summed E-state index contributed by atoms with van der Waals surface area (Å²) in [5.74, 6) is 1.13. The second kappa shape index (κ2) is 4.45. The second-order valence-corrected chi connectivity index (χ2v) is 4.13. The summed E-state index contributed by atoms with van der Waals surface area (Å²) in [6.45, 7) is 8.36. The molecule has 0 aromatic carbocycles. The molecule has 14 heavy (non-hydrogen) atoms. The van der Waals surface area contributed by atoms with Crippen molar-refractivity contribution in [1.29, 1.82) is 0 Å². The third-order valence-corrected chi connectivity index (χ3v) is 2.67. The molecule has 0 saturated carbocycles. The SMILES string of the molecule is CC[C@H](C)c1cc(O)c(C(C)C)cn1. The average Bonchev–Trinajstić information content (AvgIpc) is 2.15. The van der Waals surface area contributed by atoms with Gasteiger partial charge in [0.1, 0.15) is 5.75 Å². The smallest absolute Gasteiger partial charge is 0.122 e. The molecule has 0 bridgehead atoms. The maximum absolute atomic E-state index is 9.77. The van der Waals surface area contributed by atoms with Crippen LogP contribution in [0, 0.1) is 0 Å². The Bertz CT molecular complexity index is 307. The van der Waals surface area contributed by atoms with E-state index in [0.29, 0.717) is 17.6 Å². The van der Waals surface area contributed by atoms with Crippen LogP contribution in [0.2, 0.25) is 0 Å². The highest BCUT2D eigenvalue weighted by atomic mass is 16.3. The molecule has 0 radical (unpaired) electrons. The first-order valence-corrected chi connectivity index (χ1v) is 5.25. The lowest BCUT2D eigenvalue weighted by molar-refractivity contribution is 0.461. The minimum atomic E-state index is 0.327. The minimum Gasteiger partial charge on any atom is -0.508 e. The van der Waals surface area contributed by atoms with Gasteiger partial charge in [-0.05, 0) is 18.3 Å². The van der Waals surface area contributed by atoms with Crippen LogP contribution >= 0.6 is 0 Å². The van der Waals surface area contributed by atoms with Crippen LogP contribution in [0.4, 0.5) is 0 Å². The number of hydrogen-bond acceptors (Lipinski definition) is 2. The van der Waals surface area contributed by atoms with E-state index in [2.05, 4.69) is 32.7 Å². The summed E-state index contributed by atoms with van der Waals surface area (Å²) >= 11 is 0. The van der Waals surface area contributed by atoms with E-state index in [1.807, 2.05) is 0 Å². The zero-order valence-electron chi connectivity index (χ0n) is 9.41. The normalized spacial score (nSPS) is 13.2. The van der Waals surface area contributed by atoms with Gasteiger partial charge < -0.3 is 5.11 Å². The van der Waals surface area contributed by atoms with Gasteiger partial charge in [0.2, 0.25) is 0 Å². The number of aromatic hydroxyl groups is 1. The summed E-state index contributed by atoms with van der Waals surface area (Å²) in [4.78, 5) is 4.37. The third kappa shape index (κ3) is 2.25. The highest BCUT2D eigenvalue weighted by molar-refractivity contribution is 5.34. The Morgan fingerprint density at radius 2 is 2.00 bits per heavy atom. The summed E-state index contributed by atoms with van der Waals surface area (Å²) in [5.41, 5.74) is 1.91. The predicted octanol–water partition coefficient (Wildman–Crippen LogP) is 3.42. The lowest BCUT2D eigenvalue weighted by Gasteiger charge is -2.12. The van der Waals surface area contributed by atoms with Gasteiger partial charge >= 0.3 is 0 Å². The quantitative estimate of drug-likeness (QED) is 0.797. The molecule has 2 heteroatoms. The highest BCUT2D eigenvalue weighted by Crippen LogP contribution is 2.27. The summed E-state index contributed by atoms with van der Waals surface area (Å²) in [6.07, 6.45) is 2.84. The largest absolute Gasteiger partial charge is 0.508 e. The van der Waals surface area contributed by atoms with Crippen molar-refractivity contribution in [3.63, 3.8) is 0 Å². The Labute approximate surface area is 86.0 Å². The van der Waals surface area contributed by atoms with E-state index in [9.17, 15) is 5.11 Å². The Morgan fingerprint density at radius 1 is 1.36 bits per heavy atom. The van der Waals surface area contributed by atoms with Gasteiger partial charge in [-0.2, -0.15) is 0 Å². The fraction of sp³-hybridized carbons (Fsp3) is 0.583. The van der Waals surface area contributed by atoms with Crippen LogP contribution in [-0.4, -0.2) is 10.1 Å². The van der Waals surface area contributed by atoms with E-state index in [0.717, 1.165) is 17.7 Å². The van der Waals surface area contributed by atoms with Crippen molar-refractivity contribution in [2.24, 2.45) is 0 Å². The van der Waals surface area contributed by atoms with E-state index in [4.69, 9.17) is 0 Å². The Morgan fingerprint density at radius 3 is 2.43 bits per heavy atom. The fourth-order valence-corrected chi connectivity index (χ4v) is 1.39. The Kier molecular flexibility index (Phi) is 3.50. The predicted molar refractivity (Wildman–Crippen MR) is 58.7 cm³/mol. The molecular formula is C12H19NO. The summed E-state index contributed by atoms with van der Waals surface area (Å²) < 4.78 is 0. The molecule has 0 spiro atoms. The second-order valence-electron chi connectivity index (χ2n) is 4.13. The van der Waals surface area contributed by atoms with Gasteiger partial charge in [0.05, 0.1) is 0 Å². The highest BCUT2D eigenvalue weighted by Gasteiger charge is 2.10.